The number of nitrogens with one attached hydrogen (secondary N) is 1. The first-order chi connectivity index (χ1) is 11.1. The second-order valence-electron chi connectivity index (χ2n) is 5.55. The summed E-state index contributed by atoms with van der Waals surface area (Å²) in [5, 5.41) is 2.97. The van der Waals surface area contributed by atoms with Gasteiger partial charge in [0.2, 0.25) is 5.91 Å². The molecule has 126 valence electrons. The number of nitrogens with zero attached hydrogens (tertiary/aromatic N) is 1. The molecule has 1 aromatic carbocycles. The second kappa shape index (κ2) is 8.93. The van der Waals surface area contributed by atoms with Gasteiger partial charge in [-0.05, 0) is 51.2 Å². The van der Waals surface area contributed by atoms with Crippen molar-refractivity contribution < 1.29 is 14.3 Å². The minimum atomic E-state index is -0.106. The summed E-state index contributed by atoms with van der Waals surface area (Å²) in [6.07, 6.45) is 3.51. The van der Waals surface area contributed by atoms with Crippen molar-refractivity contribution in [1.82, 2.24) is 4.90 Å². The largest absolute Gasteiger partial charge is 0.466 e. The molecule has 0 radical (unpaired) electrons. The smallest absolute Gasteiger partial charge is 0.309 e. The van der Waals surface area contributed by atoms with Gasteiger partial charge < -0.3 is 10.1 Å². The molecule has 0 aliphatic carbocycles. The molecule has 0 saturated carbocycles. The highest BCUT2D eigenvalue weighted by molar-refractivity contribution is 7.98. The molecule has 1 saturated heterocycles. The number of hydrogen-bond donors (Lipinski definition) is 1. The molecule has 2 rings (SSSR count). The highest BCUT2D eigenvalue weighted by atomic mass is 32.2. The van der Waals surface area contributed by atoms with Crippen LogP contribution in [0.5, 0.6) is 0 Å². The van der Waals surface area contributed by atoms with Crippen LogP contribution < -0.4 is 5.32 Å². The summed E-state index contributed by atoms with van der Waals surface area (Å²) in [5.41, 5.74) is 0.853. The Morgan fingerprint density at radius 1 is 1.30 bits per heavy atom. The highest BCUT2D eigenvalue weighted by Gasteiger charge is 2.26. The monoisotopic (exact) mass is 336 g/mol. The number of carbonyl (C=O) groups is 2. The van der Waals surface area contributed by atoms with Crippen LogP contribution in [0.25, 0.3) is 0 Å². The summed E-state index contributed by atoms with van der Waals surface area (Å²) < 4.78 is 5.06. The number of piperidine rings is 1. The van der Waals surface area contributed by atoms with E-state index in [9.17, 15) is 9.59 Å². The second-order valence-corrected chi connectivity index (χ2v) is 6.40. The van der Waals surface area contributed by atoms with Crippen molar-refractivity contribution in [2.45, 2.75) is 24.7 Å². The van der Waals surface area contributed by atoms with E-state index in [1.54, 1.807) is 11.8 Å². The van der Waals surface area contributed by atoms with E-state index in [-0.39, 0.29) is 17.8 Å². The maximum absolute atomic E-state index is 12.2. The molecule has 1 amide bonds. The van der Waals surface area contributed by atoms with Gasteiger partial charge in [-0.25, -0.2) is 0 Å². The van der Waals surface area contributed by atoms with Crippen LogP contribution in [0.15, 0.2) is 29.2 Å². The lowest BCUT2D eigenvalue weighted by molar-refractivity contribution is -0.149. The van der Waals surface area contributed by atoms with E-state index in [2.05, 4.69) is 10.2 Å². The molecule has 0 bridgehead atoms. The van der Waals surface area contributed by atoms with E-state index in [1.165, 1.54) is 0 Å². The topological polar surface area (TPSA) is 58.6 Å². The number of hydrogen-bond acceptors (Lipinski definition) is 5. The van der Waals surface area contributed by atoms with Gasteiger partial charge in [-0.15, -0.1) is 11.8 Å². The molecule has 1 heterocycles. The van der Waals surface area contributed by atoms with Gasteiger partial charge in [-0.3, -0.25) is 14.5 Å². The predicted octanol–water partition coefficient (Wildman–Crippen LogP) is 2.62. The first kappa shape index (κ1) is 17.8. The number of para-hydroxylation sites is 1. The zero-order chi connectivity index (χ0) is 16.7. The number of amides is 1. The van der Waals surface area contributed by atoms with Crippen LogP contribution in [0.2, 0.25) is 0 Å². The minimum Gasteiger partial charge on any atom is -0.466 e. The molecule has 1 N–H and O–H groups in total. The number of anilines is 1. The molecule has 1 aliphatic heterocycles. The van der Waals surface area contributed by atoms with E-state index >= 15 is 0 Å². The molecule has 6 heteroatoms. The summed E-state index contributed by atoms with van der Waals surface area (Å²) in [4.78, 5) is 27.1. The predicted molar refractivity (Wildman–Crippen MR) is 92.6 cm³/mol. The maximum Gasteiger partial charge on any atom is 0.309 e. The number of ether oxygens (including phenoxy) is 1. The van der Waals surface area contributed by atoms with Crippen LogP contribution in [-0.2, 0) is 14.3 Å². The Bertz CT molecular complexity index is 542. The van der Waals surface area contributed by atoms with Gasteiger partial charge in [-0.2, -0.15) is 0 Å². The Morgan fingerprint density at radius 2 is 2.00 bits per heavy atom. The number of carbonyl (C=O) groups excluding carboxylic acids is 2. The zero-order valence-corrected chi connectivity index (χ0v) is 14.5. The average Bonchev–Trinajstić information content (AvgIpc) is 2.56. The maximum atomic E-state index is 12.2. The summed E-state index contributed by atoms with van der Waals surface area (Å²) in [6.45, 7) is 4.11. The highest BCUT2D eigenvalue weighted by Crippen LogP contribution is 2.24. The van der Waals surface area contributed by atoms with Crippen molar-refractivity contribution in [1.29, 1.82) is 0 Å². The fraction of sp³-hybridized carbons (Fsp3) is 0.529. The van der Waals surface area contributed by atoms with Gasteiger partial charge >= 0.3 is 5.97 Å². The molecule has 0 aromatic heterocycles. The molecule has 23 heavy (non-hydrogen) atoms. The van der Waals surface area contributed by atoms with E-state index in [0.29, 0.717) is 13.2 Å². The molecular weight excluding hydrogens is 312 g/mol. The fourth-order valence-corrected chi connectivity index (χ4v) is 3.28. The number of thioether (sulfide) groups is 1. The third-order valence-electron chi connectivity index (χ3n) is 3.96. The van der Waals surface area contributed by atoms with E-state index in [4.69, 9.17) is 4.74 Å². The van der Waals surface area contributed by atoms with Gasteiger partial charge in [0.05, 0.1) is 24.8 Å². The molecule has 0 spiro atoms. The van der Waals surface area contributed by atoms with Gasteiger partial charge in [-0.1, -0.05) is 12.1 Å². The number of esters is 1. The lowest BCUT2D eigenvalue weighted by Gasteiger charge is -2.30. The Morgan fingerprint density at radius 3 is 2.65 bits per heavy atom. The number of rotatable bonds is 6. The van der Waals surface area contributed by atoms with Crippen LogP contribution >= 0.6 is 11.8 Å². The van der Waals surface area contributed by atoms with Crippen LogP contribution in [0.3, 0.4) is 0 Å². The summed E-state index contributed by atoms with van der Waals surface area (Å²) >= 11 is 1.61. The molecule has 1 fully saturated rings. The first-order valence-corrected chi connectivity index (χ1v) is 9.18. The van der Waals surface area contributed by atoms with Crippen LogP contribution in [0, 0.1) is 5.92 Å². The van der Waals surface area contributed by atoms with Gasteiger partial charge in [0.25, 0.3) is 0 Å². The Kier molecular flexibility index (Phi) is 6.92. The van der Waals surface area contributed by atoms with Crippen molar-refractivity contribution in [3.63, 3.8) is 0 Å². The summed E-state index contributed by atoms with van der Waals surface area (Å²) in [6, 6.07) is 7.78. The Hall–Kier alpha value is -1.53. The normalized spacial score (nSPS) is 16.1. The van der Waals surface area contributed by atoms with Crippen molar-refractivity contribution in [3.05, 3.63) is 24.3 Å². The van der Waals surface area contributed by atoms with Crippen LogP contribution in [0.1, 0.15) is 19.8 Å². The summed E-state index contributed by atoms with van der Waals surface area (Å²) in [5.74, 6) is -0.141. The van der Waals surface area contributed by atoms with Gasteiger partial charge in [0.15, 0.2) is 0 Å². The van der Waals surface area contributed by atoms with E-state index in [1.807, 2.05) is 37.4 Å². The molecule has 1 aromatic rings. The van der Waals surface area contributed by atoms with Crippen molar-refractivity contribution in [3.8, 4) is 0 Å². The van der Waals surface area contributed by atoms with Crippen molar-refractivity contribution in [2.75, 3.05) is 37.8 Å². The van der Waals surface area contributed by atoms with Gasteiger partial charge in [0.1, 0.15) is 0 Å². The van der Waals surface area contributed by atoms with Crippen LogP contribution in [0.4, 0.5) is 5.69 Å². The van der Waals surface area contributed by atoms with Gasteiger partial charge in [0, 0.05) is 4.90 Å². The SMILES string of the molecule is CCOC(=O)C1CCN(CC(=O)Nc2ccccc2SC)CC1. The third-order valence-corrected chi connectivity index (χ3v) is 4.75. The minimum absolute atomic E-state index is 0.0129. The zero-order valence-electron chi connectivity index (χ0n) is 13.7. The molecule has 0 atom stereocenters. The lowest BCUT2D eigenvalue weighted by atomic mass is 9.97. The summed E-state index contributed by atoms with van der Waals surface area (Å²) in [7, 11) is 0. The third kappa shape index (κ3) is 5.25. The molecule has 5 nitrogen and oxygen atoms in total. The van der Waals surface area contributed by atoms with Crippen molar-refractivity contribution in [2.24, 2.45) is 5.92 Å². The van der Waals surface area contributed by atoms with E-state index < -0.39 is 0 Å². The number of likely N-dealkylation sites (tertiary alicyclic amines) is 1. The standard InChI is InChI=1S/C17H24N2O3S/c1-3-22-17(21)13-8-10-19(11-9-13)12-16(20)18-14-6-4-5-7-15(14)23-2/h4-7,13H,3,8-12H2,1-2H3,(H,18,20). The molecular formula is C17H24N2O3S. The Balaban J connectivity index is 1.80. The Labute approximate surface area is 141 Å². The van der Waals surface area contributed by atoms with E-state index in [0.717, 1.165) is 36.5 Å². The first-order valence-electron chi connectivity index (χ1n) is 7.96. The molecule has 1 aliphatic rings. The quantitative estimate of drug-likeness (QED) is 0.639. The van der Waals surface area contributed by atoms with Crippen molar-refractivity contribution >= 4 is 29.3 Å². The number of benzene rings is 1. The van der Waals surface area contributed by atoms with Crippen LogP contribution in [-0.4, -0.2) is 49.3 Å². The fourth-order valence-electron chi connectivity index (χ4n) is 2.73. The lowest BCUT2D eigenvalue weighted by Crippen LogP contribution is -2.41. The average molecular weight is 336 g/mol. The molecule has 0 unspecified atom stereocenters.